The van der Waals surface area contributed by atoms with E-state index in [1.807, 2.05) is 18.7 Å². The van der Waals surface area contributed by atoms with Crippen LogP contribution in [0.4, 0.5) is 0 Å². The van der Waals surface area contributed by atoms with Gasteiger partial charge in [0, 0.05) is 13.1 Å². The number of halogens is 1. The van der Waals surface area contributed by atoms with Crippen LogP contribution >= 0.6 is 12.4 Å². The second kappa shape index (κ2) is 8.59. The summed E-state index contributed by atoms with van der Waals surface area (Å²) in [5, 5.41) is 2.65. The monoisotopic (exact) mass is 319 g/mol. The fourth-order valence-corrected chi connectivity index (χ4v) is 2.37. The molecule has 0 aromatic carbocycles. The third-order valence-electron chi connectivity index (χ3n) is 4.13. The van der Waals surface area contributed by atoms with Crippen LogP contribution in [0.5, 0.6) is 0 Å². The Morgan fingerprint density at radius 2 is 1.86 bits per heavy atom. The molecule has 0 aliphatic carbocycles. The van der Waals surface area contributed by atoms with Crippen molar-refractivity contribution >= 4 is 24.2 Å². The molecule has 2 amide bonds. The molecule has 0 aromatic rings. The molecule has 3 N–H and O–H groups in total. The number of carbonyl (C=O) groups excluding carboxylic acids is 2. The Labute approximate surface area is 134 Å². The predicted octanol–water partition coefficient (Wildman–Crippen LogP) is 1.55. The Morgan fingerprint density at radius 3 is 2.43 bits per heavy atom. The number of hydrogen-bond acceptors (Lipinski definition) is 3. The van der Waals surface area contributed by atoms with Crippen LogP contribution < -0.4 is 11.1 Å². The van der Waals surface area contributed by atoms with Crippen LogP contribution in [0.25, 0.3) is 0 Å². The molecule has 1 fully saturated rings. The summed E-state index contributed by atoms with van der Waals surface area (Å²) in [7, 11) is 0. The van der Waals surface area contributed by atoms with Gasteiger partial charge in [-0.05, 0) is 30.6 Å². The molecule has 0 unspecified atom stereocenters. The zero-order valence-electron chi connectivity index (χ0n) is 13.6. The summed E-state index contributed by atoms with van der Waals surface area (Å²) in [4.78, 5) is 25.7. The highest BCUT2D eigenvalue weighted by Crippen LogP contribution is 2.29. The number of nitrogens with one attached hydrogen (secondary N) is 1. The van der Waals surface area contributed by atoms with Crippen LogP contribution in [0.15, 0.2) is 0 Å². The smallest absolute Gasteiger partial charge is 0.241 e. The minimum absolute atomic E-state index is 0. The lowest BCUT2D eigenvalue weighted by atomic mass is 9.85. The van der Waals surface area contributed by atoms with Gasteiger partial charge in [-0.25, -0.2) is 0 Å². The molecule has 1 aliphatic rings. The molecule has 0 radical (unpaired) electrons. The van der Waals surface area contributed by atoms with E-state index in [1.54, 1.807) is 0 Å². The average molecular weight is 320 g/mol. The molecule has 0 spiro atoms. The van der Waals surface area contributed by atoms with Crippen LogP contribution in [-0.2, 0) is 9.59 Å². The lowest BCUT2D eigenvalue weighted by molar-refractivity contribution is -0.133. The van der Waals surface area contributed by atoms with Gasteiger partial charge in [0.2, 0.25) is 11.8 Å². The number of carbonyl (C=O) groups is 2. The first-order chi connectivity index (χ1) is 9.23. The Balaban J connectivity index is 0.00000400. The van der Waals surface area contributed by atoms with Gasteiger partial charge in [0.15, 0.2) is 0 Å². The van der Waals surface area contributed by atoms with Crippen LogP contribution in [0.2, 0.25) is 0 Å². The molecule has 1 aliphatic heterocycles. The number of rotatable bonds is 4. The van der Waals surface area contributed by atoms with E-state index in [4.69, 9.17) is 5.73 Å². The van der Waals surface area contributed by atoms with Crippen molar-refractivity contribution in [3.63, 3.8) is 0 Å². The molecule has 0 aromatic heterocycles. The van der Waals surface area contributed by atoms with E-state index in [2.05, 4.69) is 19.2 Å². The van der Waals surface area contributed by atoms with E-state index in [1.165, 1.54) is 0 Å². The first-order valence-corrected chi connectivity index (χ1v) is 7.54. The largest absolute Gasteiger partial charge is 0.346 e. The quantitative estimate of drug-likeness (QED) is 0.825. The second-order valence-corrected chi connectivity index (χ2v) is 6.89. The molecular formula is C15H30ClN3O2. The third kappa shape index (κ3) is 6.66. The van der Waals surface area contributed by atoms with Crippen molar-refractivity contribution in [2.45, 2.75) is 53.0 Å². The highest BCUT2D eigenvalue weighted by Gasteiger charge is 2.26. The van der Waals surface area contributed by atoms with Crippen LogP contribution in [0, 0.1) is 11.3 Å². The molecule has 124 valence electrons. The van der Waals surface area contributed by atoms with Gasteiger partial charge < -0.3 is 16.0 Å². The fraction of sp³-hybridized carbons (Fsp3) is 0.867. The number of likely N-dealkylation sites (tertiary alicyclic amines) is 1. The molecule has 1 saturated heterocycles. The normalized spacial score (nSPS) is 19.4. The van der Waals surface area contributed by atoms with Crippen LogP contribution in [0.1, 0.15) is 47.0 Å². The fourth-order valence-electron chi connectivity index (χ4n) is 2.37. The van der Waals surface area contributed by atoms with Crippen LogP contribution in [-0.4, -0.2) is 42.4 Å². The van der Waals surface area contributed by atoms with Crippen molar-refractivity contribution in [2.75, 3.05) is 19.6 Å². The van der Waals surface area contributed by atoms with Crippen LogP contribution in [0.3, 0.4) is 0 Å². The average Bonchev–Trinajstić information content (AvgIpc) is 2.55. The zero-order chi connectivity index (χ0) is 15.3. The van der Waals surface area contributed by atoms with Gasteiger partial charge in [-0.2, -0.15) is 0 Å². The highest BCUT2D eigenvalue weighted by molar-refractivity contribution is 5.87. The zero-order valence-corrected chi connectivity index (χ0v) is 14.5. The molecule has 0 saturated carbocycles. The Hall–Kier alpha value is -0.810. The summed E-state index contributed by atoms with van der Waals surface area (Å²) < 4.78 is 0. The Kier molecular flexibility index (Phi) is 8.26. The maximum absolute atomic E-state index is 12.1. The van der Waals surface area contributed by atoms with Gasteiger partial charge in [-0.3, -0.25) is 9.59 Å². The van der Waals surface area contributed by atoms with E-state index in [0.717, 1.165) is 32.4 Å². The standard InChI is InChI=1S/C15H29N3O2.ClH/c1-11(2)13(16)14(20)17-10-12(19)18-8-5-6-15(3,4)7-9-18;/h11,13H,5-10,16H2,1-4H3,(H,17,20);1H/t13-;/m0./s1. The Morgan fingerprint density at radius 1 is 1.24 bits per heavy atom. The predicted molar refractivity (Wildman–Crippen MR) is 87.3 cm³/mol. The van der Waals surface area contributed by atoms with Gasteiger partial charge in [0.05, 0.1) is 12.6 Å². The van der Waals surface area contributed by atoms with Crippen molar-refractivity contribution in [3.05, 3.63) is 0 Å². The van der Waals surface area contributed by atoms with Crippen molar-refractivity contribution in [3.8, 4) is 0 Å². The van der Waals surface area contributed by atoms with E-state index >= 15 is 0 Å². The lowest BCUT2D eigenvalue weighted by Gasteiger charge is -2.24. The summed E-state index contributed by atoms with van der Waals surface area (Å²) >= 11 is 0. The minimum atomic E-state index is -0.550. The van der Waals surface area contributed by atoms with Crippen molar-refractivity contribution in [1.82, 2.24) is 10.2 Å². The van der Waals surface area contributed by atoms with Gasteiger partial charge in [-0.1, -0.05) is 27.7 Å². The van der Waals surface area contributed by atoms with E-state index in [0.29, 0.717) is 5.41 Å². The maximum Gasteiger partial charge on any atom is 0.241 e. The van der Waals surface area contributed by atoms with Crippen molar-refractivity contribution < 1.29 is 9.59 Å². The summed E-state index contributed by atoms with van der Waals surface area (Å²) in [5.41, 5.74) is 6.05. The molecule has 1 heterocycles. The number of nitrogens with two attached hydrogens (primary N) is 1. The number of nitrogens with zero attached hydrogens (tertiary/aromatic N) is 1. The third-order valence-corrected chi connectivity index (χ3v) is 4.13. The molecule has 1 rings (SSSR count). The number of amides is 2. The van der Waals surface area contributed by atoms with E-state index in [-0.39, 0.29) is 36.7 Å². The number of hydrogen-bond donors (Lipinski definition) is 2. The highest BCUT2D eigenvalue weighted by atomic mass is 35.5. The molecule has 5 nitrogen and oxygen atoms in total. The van der Waals surface area contributed by atoms with Gasteiger partial charge in [0.25, 0.3) is 0 Å². The Bertz CT molecular complexity index is 359. The summed E-state index contributed by atoms with van der Waals surface area (Å²) in [6.45, 7) is 9.88. The van der Waals surface area contributed by atoms with E-state index < -0.39 is 6.04 Å². The van der Waals surface area contributed by atoms with Crippen molar-refractivity contribution in [1.29, 1.82) is 0 Å². The molecule has 21 heavy (non-hydrogen) atoms. The molecular weight excluding hydrogens is 290 g/mol. The maximum atomic E-state index is 12.1. The molecule has 0 bridgehead atoms. The summed E-state index contributed by atoms with van der Waals surface area (Å²) in [5.74, 6) is -0.181. The minimum Gasteiger partial charge on any atom is -0.346 e. The summed E-state index contributed by atoms with van der Waals surface area (Å²) in [6, 6.07) is -0.550. The van der Waals surface area contributed by atoms with Gasteiger partial charge in [-0.15, -0.1) is 12.4 Å². The SMILES string of the molecule is CC(C)[C@H](N)C(=O)NCC(=O)N1CCCC(C)(C)CC1.Cl. The topological polar surface area (TPSA) is 75.4 Å². The lowest BCUT2D eigenvalue weighted by Crippen LogP contribution is -2.48. The van der Waals surface area contributed by atoms with Crippen molar-refractivity contribution in [2.24, 2.45) is 17.1 Å². The first-order valence-electron chi connectivity index (χ1n) is 7.54. The molecule has 6 heteroatoms. The molecule has 1 atom stereocenters. The van der Waals surface area contributed by atoms with E-state index in [9.17, 15) is 9.59 Å². The summed E-state index contributed by atoms with van der Waals surface area (Å²) in [6.07, 6.45) is 3.18. The van der Waals surface area contributed by atoms with Gasteiger partial charge >= 0.3 is 0 Å². The second-order valence-electron chi connectivity index (χ2n) is 6.89. The first kappa shape index (κ1) is 20.2. The van der Waals surface area contributed by atoms with Gasteiger partial charge in [0.1, 0.15) is 0 Å².